The van der Waals surface area contributed by atoms with Crippen LogP contribution in [0.1, 0.15) is 45.4 Å². The average Bonchev–Trinajstić information content (AvgIpc) is 2.61. The lowest BCUT2D eigenvalue weighted by molar-refractivity contribution is -0.137. The number of rotatable bonds is 10. The van der Waals surface area contributed by atoms with Gasteiger partial charge in [0.25, 0.3) is 5.91 Å². The summed E-state index contributed by atoms with van der Waals surface area (Å²) in [5.74, 6) is -0.579. The first kappa shape index (κ1) is 19.8. The predicted molar refractivity (Wildman–Crippen MR) is 97.2 cm³/mol. The van der Waals surface area contributed by atoms with Crippen molar-refractivity contribution in [2.75, 3.05) is 18.0 Å². The molecule has 0 saturated heterocycles. The largest absolute Gasteiger partial charge is 0.481 e. The van der Waals surface area contributed by atoms with Crippen molar-refractivity contribution < 1.29 is 24.2 Å². The summed E-state index contributed by atoms with van der Waals surface area (Å²) < 4.78 is 5.56. The summed E-state index contributed by atoms with van der Waals surface area (Å²) >= 11 is 0. The number of aliphatic carboxylic acids is 1. The Morgan fingerprint density at radius 2 is 1.85 bits per heavy atom. The Balaban J connectivity index is 1.71. The van der Waals surface area contributed by atoms with Crippen molar-refractivity contribution in [2.45, 2.75) is 51.6 Å². The maximum Gasteiger partial charge on any atom is 0.303 e. The van der Waals surface area contributed by atoms with Crippen LogP contribution in [0, 0.1) is 0 Å². The van der Waals surface area contributed by atoms with E-state index in [4.69, 9.17) is 9.84 Å². The van der Waals surface area contributed by atoms with Crippen LogP contribution in [-0.4, -0.2) is 42.1 Å². The minimum Gasteiger partial charge on any atom is -0.481 e. The molecule has 1 atom stereocenters. The maximum atomic E-state index is 12.3. The summed E-state index contributed by atoms with van der Waals surface area (Å²) in [5, 5.41) is 11.4. The Bertz CT molecular complexity index is 647. The van der Waals surface area contributed by atoms with Gasteiger partial charge in [-0.25, -0.2) is 0 Å². The topological polar surface area (TPSA) is 95.9 Å². The number of nitrogens with zero attached hydrogens (tertiary/aromatic N) is 1. The predicted octanol–water partition coefficient (Wildman–Crippen LogP) is 2.34. The van der Waals surface area contributed by atoms with Gasteiger partial charge in [0.15, 0.2) is 6.10 Å². The summed E-state index contributed by atoms with van der Waals surface area (Å²) in [5.41, 5.74) is 0.615. The molecule has 1 aromatic carbocycles. The Kier molecular flexibility index (Phi) is 7.44. The molecule has 26 heavy (non-hydrogen) atoms. The number of anilines is 1. The summed E-state index contributed by atoms with van der Waals surface area (Å²) in [6.07, 6.45) is 3.91. The van der Waals surface area contributed by atoms with Crippen LogP contribution < -0.4 is 15.0 Å². The number of carboxylic acid groups (broad SMARTS) is 1. The van der Waals surface area contributed by atoms with E-state index in [0.717, 1.165) is 25.7 Å². The minimum absolute atomic E-state index is 0.0256. The van der Waals surface area contributed by atoms with Gasteiger partial charge in [-0.2, -0.15) is 0 Å². The molecule has 0 saturated carbocycles. The average molecular weight is 362 g/mol. The molecule has 2 N–H and O–H groups in total. The third-order valence-corrected chi connectivity index (χ3v) is 4.26. The highest BCUT2D eigenvalue weighted by Crippen LogP contribution is 2.33. The Hall–Kier alpha value is -2.57. The molecule has 2 rings (SSSR count). The summed E-state index contributed by atoms with van der Waals surface area (Å²) in [6.45, 7) is 2.20. The molecule has 1 aromatic rings. The molecule has 0 aliphatic carbocycles. The van der Waals surface area contributed by atoms with Crippen LogP contribution in [0.3, 0.4) is 0 Å². The van der Waals surface area contributed by atoms with E-state index in [-0.39, 0.29) is 24.8 Å². The normalized spacial score (nSPS) is 16.0. The lowest BCUT2D eigenvalue weighted by atomic mass is 10.1. The molecular formula is C19H26N2O5. The van der Waals surface area contributed by atoms with Crippen molar-refractivity contribution in [2.24, 2.45) is 0 Å². The quantitative estimate of drug-likeness (QED) is 0.623. The molecule has 1 aliphatic rings. The zero-order valence-electron chi connectivity index (χ0n) is 15.1. The van der Waals surface area contributed by atoms with Gasteiger partial charge in [0, 0.05) is 13.0 Å². The second-order valence-corrected chi connectivity index (χ2v) is 6.41. The van der Waals surface area contributed by atoms with Gasteiger partial charge in [-0.05, 0) is 31.9 Å². The number of carboxylic acids is 1. The molecule has 0 aromatic heterocycles. The lowest BCUT2D eigenvalue weighted by Crippen LogP contribution is -2.48. The fourth-order valence-corrected chi connectivity index (χ4v) is 2.88. The number of hydrogen-bond donors (Lipinski definition) is 2. The molecule has 1 unspecified atom stereocenters. The third-order valence-electron chi connectivity index (χ3n) is 4.26. The minimum atomic E-state index is -0.759. The molecule has 0 bridgehead atoms. The Morgan fingerprint density at radius 1 is 1.15 bits per heavy atom. The van der Waals surface area contributed by atoms with Gasteiger partial charge in [-0.15, -0.1) is 0 Å². The van der Waals surface area contributed by atoms with Crippen molar-refractivity contribution in [3.05, 3.63) is 24.3 Å². The van der Waals surface area contributed by atoms with Crippen LogP contribution in [0.25, 0.3) is 0 Å². The molecule has 142 valence electrons. The van der Waals surface area contributed by atoms with Crippen LogP contribution in [0.15, 0.2) is 24.3 Å². The van der Waals surface area contributed by atoms with E-state index in [2.05, 4.69) is 5.32 Å². The van der Waals surface area contributed by atoms with Gasteiger partial charge in [0.2, 0.25) is 5.91 Å². The van der Waals surface area contributed by atoms with E-state index in [0.29, 0.717) is 24.4 Å². The van der Waals surface area contributed by atoms with E-state index in [1.165, 1.54) is 4.90 Å². The number of carbonyl (C=O) groups is 3. The number of benzene rings is 1. The molecule has 1 aliphatic heterocycles. The van der Waals surface area contributed by atoms with Crippen molar-refractivity contribution in [3.8, 4) is 5.75 Å². The first-order chi connectivity index (χ1) is 12.5. The zero-order valence-corrected chi connectivity index (χ0v) is 15.1. The third kappa shape index (κ3) is 5.75. The summed E-state index contributed by atoms with van der Waals surface area (Å²) in [6, 6.07) is 7.19. The van der Waals surface area contributed by atoms with Gasteiger partial charge in [-0.1, -0.05) is 31.4 Å². The van der Waals surface area contributed by atoms with Crippen LogP contribution in [-0.2, 0) is 14.4 Å². The molecule has 7 nitrogen and oxygen atoms in total. The van der Waals surface area contributed by atoms with Crippen molar-refractivity contribution in [1.82, 2.24) is 5.32 Å². The highest BCUT2D eigenvalue weighted by molar-refractivity contribution is 6.03. The van der Waals surface area contributed by atoms with E-state index in [1.54, 1.807) is 25.1 Å². The van der Waals surface area contributed by atoms with Crippen molar-refractivity contribution >= 4 is 23.5 Å². The fraction of sp³-hybridized carbons (Fsp3) is 0.526. The molecule has 0 radical (unpaired) electrons. The lowest BCUT2D eigenvalue weighted by Gasteiger charge is -2.32. The number of ether oxygens (including phenoxy) is 1. The maximum absolute atomic E-state index is 12.3. The standard InChI is InChI=1S/C19H26N2O5/c1-14-19(25)21(15-9-6-7-10-16(15)26-14)13-17(22)20-12-8-4-2-3-5-11-18(23)24/h6-7,9-10,14H,2-5,8,11-13H2,1H3,(H,20,22)(H,23,24). The number of hydrogen-bond acceptors (Lipinski definition) is 4. The van der Waals surface area contributed by atoms with E-state index in [1.807, 2.05) is 6.07 Å². The molecule has 0 fully saturated rings. The van der Waals surface area contributed by atoms with Crippen LogP contribution in [0.4, 0.5) is 5.69 Å². The van der Waals surface area contributed by atoms with Gasteiger partial charge >= 0.3 is 5.97 Å². The number of fused-ring (bicyclic) bond motifs is 1. The number of carbonyl (C=O) groups excluding carboxylic acids is 2. The molecule has 2 amide bonds. The second-order valence-electron chi connectivity index (χ2n) is 6.41. The summed E-state index contributed by atoms with van der Waals surface area (Å²) in [4.78, 5) is 36.4. The van der Waals surface area contributed by atoms with Crippen molar-refractivity contribution in [1.29, 1.82) is 0 Å². The molecule has 1 heterocycles. The molecular weight excluding hydrogens is 336 g/mol. The first-order valence-corrected chi connectivity index (χ1v) is 9.04. The van der Waals surface area contributed by atoms with E-state index < -0.39 is 12.1 Å². The van der Waals surface area contributed by atoms with Crippen LogP contribution in [0.2, 0.25) is 0 Å². The first-order valence-electron chi connectivity index (χ1n) is 9.04. The molecule has 0 spiro atoms. The molecule has 7 heteroatoms. The Labute approximate surface area is 153 Å². The van der Waals surface area contributed by atoms with Crippen LogP contribution in [0.5, 0.6) is 5.75 Å². The highest BCUT2D eigenvalue weighted by Gasteiger charge is 2.32. The smallest absolute Gasteiger partial charge is 0.303 e. The van der Waals surface area contributed by atoms with Crippen LogP contribution >= 0.6 is 0 Å². The SMILES string of the molecule is CC1Oc2ccccc2N(CC(=O)NCCCCCCCC(=O)O)C1=O. The number of nitrogens with one attached hydrogen (secondary N) is 1. The van der Waals surface area contributed by atoms with E-state index in [9.17, 15) is 14.4 Å². The number of unbranched alkanes of at least 4 members (excludes halogenated alkanes) is 4. The highest BCUT2D eigenvalue weighted by atomic mass is 16.5. The van der Waals surface area contributed by atoms with Gasteiger partial charge < -0.3 is 15.2 Å². The van der Waals surface area contributed by atoms with Gasteiger partial charge in [-0.3, -0.25) is 19.3 Å². The van der Waals surface area contributed by atoms with Gasteiger partial charge in [0.05, 0.1) is 5.69 Å². The zero-order chi connectivity index (χ0) is 18.9. The Morgan fingerprint density at radius 3 is 2.62 bits per heavy atom. The number of para-hydroxylation sites is 2. The monoisotopic (exact) mass is 362 g/mol. The van der Waals surface area contributed by atoms with Gasteiger partial charge in [0.1, 0.15) is 12.3 Å². The number of amides is 2. The fourth-order valence-electron chi connectivity index (χ4n) is 2.88. The van der Waals surface area contributed by atoms with Crippen molar-refractivity contribution in [3.63, 3.8) is 0 Å². The second kappa shape index (κ2) is 9.79. The summed E-state index contributed by atoms with van der Waals surface area (Å²) in [7, 11) is 0. The van der Waals surface area contributed by atoms with E-state index >= 15 is 0 Å².